The van der Waals surface area contributed by atoms with E-state index in [-0.39, 0.29) is 18.3 Å². The van der Waals surface area contributed by atoms with Gasteiger partial charge in [-0.3, -0.25) is 0 Å². The predicted molar refractivity (Wildman–Crippen MR) is 93.3 cm³/mol. The average molecular weight is 393 g/mol. The molecule has 0 saturated carbocycles. The molecule has 3 heterocycles. The van der Waals surface area contributed by atoms with E-state index in [1.165, 1.54) is 4.90 Å². The first-order valence-electron chi connectivity index (χ1n) is 8.84. The normalized spacial score (nSPS) is 14.4. The second-order valence-electron chi connectivity index (χ2n) is 6.28. The Kier molecular flexibility index (Phi) is 4.80. The van der Waals surface area contributed by atoms with E-state index in [2.05, 4.69) is 15.2 Å². The molecule has 0 N–H and O–H groups in total. The van der Waals surface area contributed by atoms with Crippen LogP contribution in [0, 0.1) is 0 Å². The van der Waals surface area contributed by atoms with Gasteiger partial charge < -0.3 is 18.6 Å². The molecule has 148 valence electrons. The largest absolute Gasteiger partial charge is 0.438 e. The maximum absolute atomic E-state index is 13.6. The highest BCUT2D eigenvalue weighted by molar-refractivity contribution is 5.57. The molecule has 0 bridgehead atoms. The number of hydrogen-bond donors (Lipinski definition) is 0. The Balaban J connectivity index is 1.66. The topological polar surface area (TPSA) is 69.2 Å². The van der Waals surface area contributed by atoms with Crippen LogP contribution >= 0.6 is 0 Å². The van der Waals surface area contributed by atoms with Crippen molar-refractivity contribution in [3.05, 3.63) is 47.7 Å². The van der Waals surface area contributed by atoms with E-state index in [9.17, 15) is 13.2 Å². The average Bonchev–Trinajstić information content (AvgIpc) is 3.31. The van der Waals surface area contributed by atoms with Crippen LogP contribution in [0.2, 0.25) is 0 Å². The van der Waals surface area contributed by atoms with Crippen LogP contribution in [0.25, 0.3) is 11.5 Å². The highest BCUT2D eigenvalue weighted by Crippen LogP contribution is 2.40. The number of rotatable bonds is 5. The maximum Gasteiger partial charge on any atom is 0.438 e. The zero-order valence-corrected chi connectivity index (χ0v) is 15.1. The number of aromatic nitrogens is 4. The van der Waals surface area contributed by atoms with E-state index in [4.69, 9.17) is 9.15 Å². The van der Waals surface area contributed by atoms with Crippen molar-refractivity contribution >= 4 is 5.88 Å². The van der Waals surface area contributed by atoms with Crippen molar-refractivity contribution in [2.45, 2.75) is 32.8 Å². The summed E-state index contributed by atoms with van der Waals surface area (Å²) in [5, 5.41) is 8.17. The lowest BCUT2D eigenvalue weighted by molar-refractivity contribution is -0.140. The number of ether oxygens (including phenoxy) is 1. The summed E-state index contributed by atoms with van der Waals surface area (Å²) in [6.07, 6.45) is -4.63. The molecule has 1 aromatic carbocycles. The summed E-state index contributed by atoms with van der Waals surface area (Å²) in [6, 6.07) is 8.52. The minimum Gasteiger partial charge on any atom is -0.420 e. The van der Waals surface area contributed by atoms with Crippen molar-refractivity contribution in [1.82, 2.24) is 19.7 Å². The summed E-state index contributed by atoms with van der Waals surface area (Å²) in [6.45, 7) is 3.63. The molecule has 0 saturated heterocycles. The molecule has 7 nitrogen and oxygen atoms in total. The number of nitrogens with zero attached hydrogens (tertiary/aromatic N) is 5. The van der Waals surface area contributed by atoms with Gasteiger partial charge in [-0.1, -0.05) is 18.2 Å². The van der Waals surface area contributed by atoms with Crippen molar-refractivity contribution in [3.63, 3.8) is 0 Å². The molecule has 28 heavy (non-hydrogen) atoms. The third kappa shape index (κ3) is 3.47. The van der Waals surface area contributed by atoms with Crippen LogP contribution in [0.3, 0.4) is 0 Å². The van der Waals surface area contributed by atoms with Gasteiger partial charge in [0.25, 0.3) is 0 Å². The summed E-state index contributed by atoms with van der Waals surface area (Å²) < 4.78 is 53.5. The van der Waals surface area contributed by atoms with Gasteiger partial charge in [0.15, 0.2) is 11.6 Å². The highest BCUT2D eigenvalue weighted by atomic mass is 19.4. The number of alkyl halides is 3. The smallest absolute Gasteiger partial charge is 0.420 e. The first-order chi connectivity index (χ1) is 13.5. The van der Waals surface area contributed by atoms with E-state index >= 15 is 0 Å². The molecular formula is C18H18F3N5O2. The van der Waals surface area contributed by atoms with E-state index in [0.717, 1.165) is 0 Å². The number of oxazole rings is 1. The molecule has 0 amide bonds. The van der Waals surface area contributed by atoms with E-state index in [1.54, 1.807) is 30.3 Å². The Labute approximate surface area is 158 Å². The summed E-state index contributed by atoms with van der Waals surface area (Å²) in [4.78, 5) is 5.23. The van der Waals surface area contributed by atoms with Crippen molar-refractivity contribution in [2.75, 3.05) is 18.1 Å². The second-order valence-corrected chi connectivity index (χ2v) is 6.28. The van der Waals surface area contributed by atoms with Crippen LogP contribution in [-0.2, 0) is 30.6 Å². The third-order valence-electron chi connectivity index (χ3n) is 4.45. The molecule has 4 rings (SSSR count). The molecule has 0 fully saturated rings. The van der Waals surface area contributed by atoms with Gasteiger partial charge >= 0.3 is 6.18 Å². The molecule has 10 heteroatoms. The molecule has 2 aromatic heterocycles. The van der Waals surface area contributed by atoms with Gasteiger partial charge in [0.2, 0.25) is 17.5 Å². The highest BCUT2D eigenvalue weighted by Gasteiger charge is 2.41. The minimum atomic E-state index is -4.63. The van der Waals surface area contributed by atoms with Gasteiger partial charge in [0, 0.05) is 25.3 Å². The Morgan fingerprint density at radius 1 is 1.14 bits per heavy atom. The van der Waals surface area contributed by atoms with Gasteiger partial charge in [-0.25, -0.2) is 4.98 Å². The number of anilines is 1. The van der Waals surface area contributed by atoms with Gasteiger partial charge in [-0.05, 0) is 19.1 Å². The molecule has 0 aliphatic carbocycles. The number of halogens is 3. The monoisotopic (exact) mass is 393 g/mol. The van der Waals surface area contributed by atoms with E-state index in [0.29, 0.717) is 43.5 Å². The lowest BCUT2D eigenvalue weighted by atomic mass is 10.2. The van der Waals surface area contributed by atoms with E-state index in [1.807, 2.05) is 11.5 Å². The molecule has 1 aliphatic heterocycles. The molecule has 0 radical (unpaired) electrons. The molecular weight excluding hydrogens is 375 g/mol. The van der Waals surface area contributed by atoms with E-state index < -0.39 is 11.9 Å². The van der Waals surface area contributed by atoms with Crippen molar-refractivity contribution < 1.29 is 22.3 Å². The number of benzene rings is 1. The molecule has 0 atom stereocenters. The Bertz CT molecular complexity index is 952. The fourth-order valence-electron chi connectivity index (χ4n) is 3.11. The first kappa shape index (κ1) is 18.5. The molecule has 0 unspecified atom stereocenters. The van der Waals surface area contributed by atoms with Crippen molar-refractivity contribution in [2.24, 2.45) is 0 Å². The summed E-state index contributed by atoms with van der Waals surface area (Å²) in [5.74, 6) is 0.862. The summed E-state index contributed by atoms with van der Waals surface area (Å²) in [5.41, 5.74) is -0.549. The third-order valence-corrected chi connectivity index (χ3v) is 4.45. The predicted octanol–water partition coefficient (Wildman–Crippen LogP) is 3.51. The molecule has 0 spiro atoms. The van der Waals surface area contributed by atoms with Crippen LogP contribution in [-0.4, -0.2) is 32.9 Å². The number of hydrogen-bond acceptors (Lipinski definition) is 6. The fourth-order valence-corrected chi connectivity index (χ4v) is 3.11. The van der Waals surface area contributed by atoms with Crippen LogP contribution in [0.1, 0.15) is 24.3 Å². The summed E-state index contributed by atoms with van der Waals surface area (Å²) in [7, 11) is 0. The van der Waals surface area contributed by atoms with Crippen LogP contribution in [0.15, 0.2) is 34.7 Å². The van der Waals surface area contributed by atoms with Crippen molar-refractivity contribution in [3.8, 4) is 11.5 Å². The standard InChI is InChI=1S/C18H18F3N5O2/c1-2-27-11-14-24-23-13-10-25(8-9-26(13)14)17-15(18(19,20)21)22-16(28-17)12-6-4-3-5-7-12/h3-7H,2,8-11H2,1H3. The van der Waals surface area contributed by atoms with Crippen molar-refractivity contribution in [1.29, 1.82) is 0 Å². The SMILES string of the molecule is CCOCc1nnc2n1CCN(c1oc(-c3ccccc3)nc1C(F)(F)F)C2. The van der Waals surface area contributed by atoms with Gasteiger partial charge in [0.05, 0.1) is 6.54 Å². The van der Waals surface area contributed by atoms with Gasteiger partial charge in [-0.15, -0.1) is 10.2 Å². The molecule has 1 aliphatic rings. The van der Waals surface area contributed by atoms with Gasteiger partial charge in [-0.2, -0.15) is 13.2 Å². The zero-order chi connectivity index (χ0) is 19.7. The maximum atomic E-state index is 13.6. The first-order valence-corrected chi connectivity index (χ1v) is 8.84. The Hall–Kier alpha value is -2.88. The van der Waals surface area contributed by atoms with Crippen LogP contribution < -0.4 is 4.90 Å². The zero-order valence-electron chi connectivity index (χ0n) is 15.1. The fraction of sp³-hybridized carbons (Fsp3) is 0.389. The Morgan fingerprint density at radius 2 is 1.93 bits per heavy atom. The van der Waals surface area contributed by atoms with Crippen LogP contribution in [0.5, 0.6) is 0 Å². The lowest BCUT2D eigenvalue weighted by Crippen LogP contribution is -2.35. The molecule has 3 aromatic rings. The van der Waals surface area contributed by atoms with Gasteiger partial charge in [0.1, 0.15) is 6.61 Å². The minimum absolute atomic E-state index is 0.0630. The Morgan fingerprint density at radius 3 is 2.64 bits per heavy atom. The summed E-state index contributed by atoms with van der Waals surface area (Å²) >= 11 is 0. The van der Waals surface area contributed by atoms with Crippen LogP contribution in [0.4, 0.5) is 19.1 Å². The lowest BCUT2D eigenvalue weighted by Gasteiger charge is -2.28. The quantitative estimate of drug-likeness (QED) is 0.661. The number of fused-ring (bicyclic) bond motifs is 1. The second kappa shape index (κ2) is 7.27.